The van der Waals surface area contributed by atoms with Crippen LogP contribution in [0.25, 0.3) is 17.0 Å². The predicted octanol–water partition coefficient (Wildman–Crippen LogP) is 6.81. The van der Waals surface area contributed by atoms with E-state index in [0.29, 0.717) is 32.7 Å². The smallest absolute Gasteiger partial charge is 0.417 e. The number of anilines is 1. The normalized spacial score (nSPS) is 11.9. The number of benzene rings is 2. The molecule has 170 valence electrons. The molecule has 0 aliphatic carbocycles. The molecule has 1 amide bonds. The van der Waals surface area contributed by atoms with E-state index in [-0.39, 0.29) is 11.4 Å². The number of ether oxygens (including phenoxy) is 1. The van der Waals surface area contributed by atoms with Crippen molar-refractivity contribution in [3.05, 3.63) is 81.5 Å². The first-order valence-corrected chi connectivity index (χ1v) is 10.8. The maximum atomic E-state index is 13.0. The van der Waals surface area contributed by atoms with Crippen LogP contribution in [-0.2, 0) is 17.4 Å². The third-order valence-corrected chi connectivity index (χ3v) is 5.88. The number of aromatic nitrogens is 1. The molecule has 0 radical (unpaired) electrons. The molecular formula is C23H16ClF3N2O3S. The molecule has 0 atom stereocenters. The molecule has 0 saturated heterocycles. The molecule has 5 nitrogen and oxygen atoms in total. The van der Waals surface area contributed by atoms with Crippen LogP contribution in [0.1, 0.15) is 21.8 Å². The van der Waals surface area contributed by atoms with Crippen molar-refractivity contribution >= 4 is 51.0 Å². The number of carbonyl (C=O) groups excluding carboxylic acids is 1. The van der Waals surface area contributed by atoms with Gasteiger partial charge in [0.2, 0.25) is 5.91 Å². The van der Waals surface area contributed by atoms with Crippen LogP contribution in [0.4, 0.5) is 18.3 Å². The monoisotopic (exact) mass is 492 g/mol. The summed E-state index contributed by atoms with van der Waals surface area (Å²) in [4.78, 5) is 17.0. The Hall–Kier alpha value is -3.30. The maximum absolute atomic E-state index is 13.0. The van der Waals surface area contributed by atoms with Gasteiger partial charge in [-0.05, 0) is 48.0 Å². The van der Waals surface area contributed by atoms with Crippen LogP contribution in [0.2, 0.25) is 5.02 Å². The zero-order valence-electron chi connectivity index (χ0n) is 17.1. The number of hydrogen-bond acceptors (Lipinski definition) is 5. The fourth-order valence-electron chi connectivity index (χ4n) is 3.10. The average molecular weight is 493 g/mol. The summed E-state index contributed by atoms with van der Waals surface area (Å²) in [6, 6.07) is 10.9. The zero-order chi connectivity index (χ0) is 23.6. The summed E-state index contributed by atoms with van der Waals surface area (Å²) < 4.78 is 50.0. The van der Waals surface area contributed by atoms with Crippen LogP contribution in [-0.4, -0.2) is 18.0 Å². The molecule has 0 spiro atoms. The van der Waals surface area contributed by atoms with Gasteiger partial charge < -0.3 is 9.15 Å². The molecule has 10 heteroatoms. The Balaban J connectivity index is 1.40. The molecule has 33 heavy (non-hydrogen) atoms. The fraction of sp³-hybridized carbons (Fsp3) is 0.130. The Morgan fingerprint density at radius 2 is 2.06 bits per heavy atom. The number of carbonyl (C=O) groups is 1. The number of nitrogens with zero attached hydrogens (tertiary/aromatic N) is 1. The molecule has 2 heterocycles. The van der Waals surface area contributed by atoms with Gasteiger partial charge in [0.05, 0.1) is 17.7 Å². The molecule has 0 aliphatic heterocycles. The average Bonchev–Trinajstić information content (AvgIpc) is 3.38. The minimum atomic E-state index is -4.53. The zero-order valence-corrected chi connectivity index (χ0v) is 18.6. The summed E-state index contributed by atoms with van der Waals surface area (Å²) in [6.07, 6.45) is 0.0519. The van der Waals surface area contributed by atoms with E-state index in [1.54, 1.807) is 25.3 Å². The van der Waals surface area contributed by atoms with Crippen molar-refractivity contribution < 1.29 is 27.1 Å². The summed E-state index contributed by atoms with van der Waals surface area (Å²) in [5.74, 6) is 0.778. The summed E-state index contributed by atoms with van der Waals surface area (Å²) >= 11 is 6.83. The van der Waals surface area contributed by atoms with Crippen molar-refractivity contribution in [2.75, 3.05) is 12.4 Å². The van der Waals surface area contributed by atoms with Crippen LogP contribution in [0.15, 0.2) is 59.2 Å². The molecule has 1 N–H and O–H groups in total. The lowest BCUT2D eigenvalue weighted by Crippen LogP contribution is -2.07. The van der Waals surface area contributed by atoms with E-state index in [2.05, 4.69) is 10.3 Å². The lowest BCUT2D eigenvalue weighted by molar-refractivity contribution is -0.137. The minimum absolute atomic E-state index is 0.228. The van der Waals surface area contributed by atoms with Crippen LogP contribution >= 0.6 is 22.9 Å². The third kappa shape index (κ3) is 5.55. The highest BCUT2D eigenvalue weighted by molar-refractivity contribution is 7.15. The van der Waals surface area contributed by atoms with Gasteiger partial charge in [-0.15, -0.1) is 11.3 Å². The summed E-state index contributed by atoms with van der Waals surface area (Å²) in [7, 11) is 1.58. The van der Waals surface area contributed by atoms with Gasteiger partial charge >= 0.3 is 6.18 Å². The lowest BCUT2D eigenvalue weighted by atomic mass is 10.1. The second kappa shape index (κ2) is 9.29. The number of hydrogen-bond donors (Lipinski definition) is 1. The number of thiazole rings is 1. The molecule has 2 aromatic heterocycles. The van der Waals surface area contributed by atoms with E-state index in [4.69, 9.17) is 20.8 Å². The Morgan fingerprint density at radius 1 is 1.24 bits per heavy atom. The molecule has 0 unspecified atom stereocenters. The quantitative estimate of drug-likeness (QED) is 0.300. The second-order valence-corrected chi connectivity index (χ2v) is 8.52. The van der Waals surface area contributed by atoms with Gasteiger partial charge in [0.15, 0.2) is 5.13 Å². The number of nitrogens with one attached hydrogen (secondary N) is 1. The number of furan rings is 1. The maximum Gasteiger partial charge on any atom is 0.417 e. The van der Waals surface area contributed by atoms with E-state index in [9.17, 15) is 18.0 Å². The highest BCUT2D eigenvalue weighted by Crippen LogP contribution is 2.36. The van der Waals surface area contributed by atoms with Crippen molar-refractivity contribution in [2.45, 2.75) is 12.6 Å². The minimum Gasteiger partial charge on any atom is -0.497 e. The van der Waals surface area contributed by atoms with Crippen LogP contribution in [0.3, 0.4) is 0 Å². The Morgan fingerprint density at radius 3 is 2.82 bits per heavy atom. The molecule has 0 bridgehead atoms. The molecule has 0 saturated carbocycles. The topological polar surface area (TPSA) is 64.4 Å². The number of amides is 1. The van der Waals surface area contributed by atoms with Crippen molar-refractivity contribution in [1.29, 1.82) is 0 Å². The number of rotatable bonds is 6. The lowest BCUT2D eigenvalue weighted by Gasteiger charge is -2.10. The van der Waals surface area contributed by atoms with E-state index in [1.165, 1.54) is 41.8 Å². The molecule has 0 fully saturated rings. The number of alkyl halides is 3. The van der Waals surface area contributed by atoms with Crippen LogP contribution in [0.5, 0.6) is 5.75 Å². The van der Waals surface area contributed by atoms with Gasteiger partial charge in [0.25, 0.3) is 0 Å². The first kappa shape index (κ1) is 22.9. The molecule has 2 aromatic carbocycles. The summed E-state index contributed by atoms with van der Waals surface area (Å²) in [5, 5.41) is 3.46. The molecule has 4 aromatic rings. The van der Waals surface area contributed by atoms with Gasteiger partial charge in [-0.3, -0.25) is 10.1 Å². The standard InChI is InChI=1S/C23H16ClF3N2O3S/c1-31-15-3-6-20-14(10-15)11-16(32-20)4-7-21(30)29-22-28-12-17(33-22)8-13-2-5-19(24)18(9-13)23(25,26)27/h2-7,9-12H,8H2,1H3,(H,28,29,30)/b7-4+. The van der Waals surface area contributed by atoms with Crippen molar-refractivity contribution in [1.82, 2.24) is 4.98 Å². The van der Waals surface area contributed by atoms with Gasteiger partial charge in [-0.25, -0.2) is 4.98 Å². The highest BCUT2D eigenvalue weighted by atomic mass is 35.5. The van der Waals surface area contributed by atoms with E-state index < -0.39 is 17.6 Å². The van der Waals surface area contributed by atoms with Crippen molar-refractivity contribution in [2.24, 2.45) is 0 Å². The van der Waals surface area contributed by atoms with Gasteiger partial charge in [0, 0.05) is 29.0 Å². The highest BCUT2D eigenvalue weighted by Gasteiger charge is 2.33. The first-order chi connectivity index (χ1) is 15.7. The second-order valence-electron chi connectivity index (χ2n) is 7.00. The Bertz CT molecular complexity index is 1340. The predicted molar refractivity (Wildman–Crippen MR) is 122 cm³/mol. The molecule has 0 aliphatic rings. The Kier molecular flexibility index (Phi) is 6.44. The van der Waals surface area contributed by atoms with Crippen molar-refractivity contribution in [3.8, 4) is 5.75 Å². The Labute approximate surface area is 195 Å². The van der Waals surface area contributed by atoms with E-state index in [1.807, 2.05) is 6.07 Å². The van der Waals surface area contributed by atoms with Crippen molar-refractivity contribution in [3.63, 3.8) is 0 Å². The number of halogens is 4. The van der Waals surface area contributed by atoms with Crippen LogP contribution < -0.4 is 10.1 Å². The summed E-state index contributed by atoms with van der Waals surface area (Å²) in [6.45, 7) is 0. The molecular weight excluding hydrogens is 477 g/mol. The van der Waals surface area contributed by atoms with E-state index >= 15 is 0 Å². The van der Waals surface area contributed by atoms with Gasteiger partial charge in [-0.2, -0.15) is 13.2 Å². The van der Waals surface area contributed by atoms with Gasteiger partial charge in [0.1, 0.15) is 17.1 Å². The molecule has 4 rings (SSSR count). The number of fused-ring (bicyclic) bond motifs is 1. The first-order valence-electron chi connectivity index (χ1n) is 9.58. The summed E-state index contributed by atoms with van der Waals surface area (Å²) in [5.41, 5.74) is 0.222. The van der Waals surface area contributed by atoms with E-state index in [0.717, 1.165) is 11.5 Å². The van der Waals surface area contributed by atoms with Crippen LogP contribution in [0, 0.1) is 0 Å². The largest absolute Gasteiger partial charge is 0.497 e. The SMILES string of the molecule is COc1ccc2oc(/C=C/C(=O)Nc3ncc(Cc4ccc(Cl)c(C(F)(F)F)c4)s3)cc2c1. The fourth-order valence-corrected chi connectivity index (χ4v) is 4.18. The van der Waals surface area contributed by atoms with Gasteiger partial charge in [-0.1, -0.05) is 17.7 Å². The number of methoxy groups -OCH3 is 1. The third-order valence-electron chi connectivity index (χ3n) is 4.64.